The van der Waals surface area contributed by atoms with Crippen LogP contribution < -0.4 is 5.73 Å². The lowest BCUT2D eigenvalue weighted by Gasteiger charge is -1.94. The van der Waals surface area contributed by atoms with Crippen molar-refractivity contribution in [2.24, 2.45) is 5.73 Å². The summed E-state index contributed by atoms with van der Waals surface area (Å²) in [4.78, 5) is 4.66. The Morgan fingerprint density at radius 1 is 1.16 bits per heavy atom. The van der Waals surface area contributed by atoms with Gasteiger partial charge < -0.3 is 10.2 Å². The first kappa shape index (κ1) is 11.8. The Morgan fingerprint density at radius 2 is 1.89 bits per heavy atom. The fourth-order valence-corrected chi connectivity index (χ4v) is 1.92. The molecular weight excluding hydrogens is 263 g/mol. The third kappa shape index (κ3) is 2.20. The van der Waals surface area contributed by atoms with Gasteiger partial charge in [0.2, 0.25) is 5.89 Å². The predicted molar refractivity (Wildman–Crippen MR) is 75.3 cm³/mol. The average molecular weight is 272 g/mol. The number of thiocarbonyl (C=S) groups is 1. The van der Waals surface area contributed by atoms with Crippen LogP contribution in [0, 0.1) is 5.82 Å². The first-order valence-electron chi connectivity index (χ1n) is 5.60. The van der Waals surface area contributed by atoms with Gasteiger partial charge in [-0.15, -0.1) is 0 Å². The molecule has 2 aromatic carbocycles. The minimum Gasteiger partial charge on any atom is -0.436 e. The standard InChI is InChI=1S/C14H9FN2OS/c15-10-4-1-8(2-5-10)14-17-11-7-9(13(16)19)3-6-12(11)18-14/h1-7H,(H2,16,19). The third-order valence-electron chi connectivity index (χ3n) is 2.76. The maximum Gasteiger partial charge on any atom is 0.227 e. The monoisotopic (exact) mass is 272 g/mol. The van der Waals surface area contributed by atoms with Crippen LogP contribution in [0.1, 0.15) is 5.56 Å². The van der Waals surface area contributed by atoms with Crippen molar-refractivity contribution in [2.75, 3.05) is 0 Å². The van der Waals surface area contributed by atoms with Crippen LogP contribution >= 0.6 is 12.2 Å². The van der Waals surface area contributed by atoms with Gasteiger partial charge in [0.15, 0.2) is 5.58 Å². The second-order valence-corrected chi connectivity index (χ2v) is 4.51. The molecule has 0 radical (unpaired) electrons. The number of nitrogens with zero attached hydrogens (tertiary/aromatic N) is 1. The molecule has 3 nitrogen and oxygen atoms in total. The molecule has 19 heavy (non-hydrogen) atoms. The second kappa shape index (κ2) is 4.44. The normalized spacial score (nSPS) is 10.8. The zero-order chi connectivity index (χ0) is 13.4. The lowest BCUT2D eigenvalue weighted by Crippen LogP contribution is -2.08. The molecule has 0 atom stereocenters. The molecule has 1 heterocycles. The zero-order valence-corrected chi connectivity index (χ0v) is 10.6. The Bertz CT molecular complexity index is 765. The molecule has 0 aliphatic carbocycles. The van der Waals surface area contributed by atoms with E-state index in [1.165, 1.54) is 12.1 Å². The molecule has 0 amide bonds. The Hall–Kier alpha value is -2.27. The minimum absolute atomic E-state index is 0.296. The molecule has 0 saturated heterocycles. The van der Waals surface area contributed by atoms with E-state index >= 15 is 0 Å². The zero-order valence-electron chi connectivity index (χ0n) is 9.76. The van der Waals surface area contributed by atoms with Gasteiger partial charge >= 0.3 is 0 Å². The maximum absolute atomic E-state index is 12.9. The molecule has 94 valence electrons. The lowest BCUT2D eigenvalue weighted by atomic mass is 10.2. The van der Waals surface area contributed by atoms with Crippen LogP contribution in [0.5, 0.6) is 0 Å². The van der Waals surface area contributed by atoms with E-state index in [2.05, 4.69) is 4.98 Å². The van der Waals surface area contributed by atoms with Crippen molar-refractivity contribution in [3.05, 3.63) is 53.8 Å². The number of oxazole rings is 1. The highest BCUT2D eigenvalue weighted by Crippen LogP contribution is 2.25. The SMILES string of the molecule is NC(=S)c1ccc2oc(-c3ccc(F)cc3)nc2c1. The van der Waals surface area contributed by atoms with Gasteiger partial charge in [0, 0.05) is 11.1 Å². The minimum atomic E-state index is -0.296. The predicted octanol–water partition coefficient (Wildman–Crippen LogP) is 3.27. The maximum atomic E-state index is 12.9. The highest BCUT2D eigenvalue weighted by Gasteiger charge is 2.09. The molecule has 0 saturated carbocycles. The van der Waals surface area contributed by atoms with Gasteiger partial charge in [-0.2, -0.15) is 0 Å². The van der Waals surface area contributed by atoms with Crippen LogP contribution in [0.15, 0.2) is 46.9 Å². The van der Waals surface area contributed by atoms with Crippen molar-refractivity contribution in [1.82, 2.24) is 4.98 Å². The molecule has 3 aromatic rings. The van der Waals surface area contributed by atoms with Crippen LogP contribution in [-0.4, -0.2) is 9.97 Å². The molecule has 0 bridgehead atoms. The molecule has 2 N–H and O–H groups in total. The molecule has 0 aliphatic heterocycles. The highest BCUT2D eigenvalue weighted by molar-refractivity contribution is 7.80. The summed E-state index contributed by atoms with van der Waals surface area (Å²) < 4.78 is 18.5. The largest absolute Gasteiger partial charge is 0.436 e. The number of hydrogen-bond donors (Lipinski definition) is 1. The highest BCUT2D eigenvalue weighted by atomic mass is 32.1. The van der Waals surface area contributed by atoms with E-state index in [0.717, 1.165) is 11.1 Å². The number of aromatic nitrogens is 1. The molecule has 0 fully saturated rings. The second-order valence-electron chi connectivity index (χ2n) is 4.07. The summed E-state index contributed by atoms with van der Waals surface area (Å²) >= 11 is 4.92. The van der Waals surface area contributed by atoms with Gasteiger partial charge in [-0.05, 0) is 42.5 Å². The van der Waals surface area contributed by atoms with Gasteiger partial charge in [0.1, 0.15) is 16.3 Å². The number of benzene rings is 2. The van der Waals surface area contributed by atoms with E-state index in [9.17, 15) is 4.39 Å². The van der Waals surface area contributed by atoms with Gasteiger partial charge in [0.25, 0.3) is 0 Å². The quantitative estimate of drug-likeness (QED) is 0.727. The molecule has 3 rings (SSSR count). The van der Waals surface area contributed by atoms with Crippen LogP contribution in [0.2, 0.25) is 0 Å². The van der Waals surface area contributed by atoms with E-state index < -0.39 is 0 Å². The van der Waals surface area contributed by atoms with Gasteiger partial charge in [-0.1, -0.05) is 12.2 Å². The van der Waals surface area contributed by atoms with E-state index in [1.807, 2.05) is 0 Å². The summed E-state index contributed by atoms with van der Waals surface area (Å²) in [6.07, 6.45) is 0. The number of fused-ring (bicyclic) bond motifs is 1. The van der Waals surface area contributed by atoms with E-state index in [0.29, 0.717) is 22.0 Å². The Morgan fingerprint density at radius 3 is 2.58 bits per heavy atom. The van der Waals surface area contributed by atoms with Crippen molar-refractivity contribution in [1.29, 1.82) is 0 Å². The van der Waals surface area contributed by atoms with Gasteiger partial charge in [-0.3, -0.25) is 0 Å². The fraction of sp³-hybridized carbons (Fsp3) is 0. The molecule has 0 spiro atoms. The summed E-state index contributed by atoms with van der Waals surface area (Å²) in [6.45, 7) is 0. The van der Waals surface area contributed by atoms with Crippen molar-refractivity contribution >= 4 is 28.3 Å². The number of rotatable bonds is 2. The van der Waals surface area contributed by atoms with Crippen LogP contribution in [0.4, 0.5) is 4.39 Å². The van der Waals surface area contributed by atoms with Crippen LogP contribution in [0.3, 0.4) is 0 Å². The summed E-state index contributed by atoms with van der Waals surface area (Å²) in [6, 6.07) is 11.3. The van der Waals surface area contributed by atoms with Crippen LogP contribution in [-0.2, 0) is 0 Å². The number of halogens is 1. The third-order valence-corrected chi connectivity index (χ3v) is 3.00. The first-order valence-corrected chi connectivity index (χ1v) is 6.00. The molecule has 5 heteroatoms. The summed E-state index contributed by atoms with van der Waals surface area (Å²) in [5, 5.41) is 0. The van der Waals surface area contributed by atoms with Crippen molar-refractivity contribution in [2.45, 2.75) is 0 Å². The Balaban J connectivity index is 2.11. The molecule has 0 aliphatic rings. The lowest BCUT2D eigenvalue weighted by molar-refractivity contribution is 0.616. The van der Waals surface area contributed by atoms with Crippen molar-refractivity contribution in [3.8, 4) is 11.5 Å². The average Bonchev–Trinajstić information content (AvgIpc) is 2.82. The van der Waals surface area contributed by atoms with E-state index in [1.54, 1.807) is 30.3 Å². The molecular formula is C14H9FN2OS. The number of nitrogens with two attached hydrogens (primary N) is 1. The topological polar surface area (TPSA) is 52.0 Å². The number of hydrogen-bond acceptors (Lipinski definition) is 3. The van der Waals surface area contributed by atoms with Gasteiger partial charge in [-0.25, -0.2) is 9.37 Å². The molecule has 1 aromatic heterocycles. The first-order chi connectivity index (χ1) is 9.13. The Kier molecular flexibility index (Phi) is 2.76. The Labute approximate surface area is 113 Å². The van der Waals surface area contributed by atoms with E-state index in [-0.39, 0.29) is 5.82 Å². The molecule has 0 unspecified atom stereocenters. The fourth-order valence-electron chi connectivity index (χ4n) is 1.80. The van der Waals surface area contributed by atoms with Crippen molar-refractivity contribution < 1.29 is 8.81 Å². The summed E-state index contributed by atoms with van der Waals surface area (Å²) in [7, 11) is 0. The van der Waals surface area contributed by atoms with Gasteiger partial charge in [0.05, 0.1) is 0 Å². The van der Waals surface area contributed by atoms with Crippen molar-refractivity contribution in [3.63, 3.8) is 0 Å². The summed E-state index contributed by atoms with van der Waals surface area (Å²) in [5.41, 5.74) is 8.33. The van der Waals surface area contributed by atoms with E-state index in [4.69, 9.17) is 22.4 Å². The smallest absolute Gasteiger partial charge is 0.227 e. The van der Waals surface area contributed by atoms with Crippen LogP contribution in [0.25, 0.3) is 22.6 Å². The summed E-state index contributed by atoms with van der Waals surface area (Å²) in [5.74, 6) is 0.144.